The number of piperidine rings is 1. The Bertz CT molecular complexity index is 269. The second kappa shape index (κ2) is 5.36. The lowest BCUT2D eigenvalue weighted by molar-refractivity contribution is -0.147. The quantitative estimate of drug-likeness (QED) is 0.728. The molecule has 1 saturated carbocycles. The van der Waals surface area contributed by atoms with Crippen molar-refractivity contribution in [3.05, 3.63) is 0 Å². The molecule has 17 heavy (non-hydrogen) atoms. The van der Waals surface area contributed by atoms with Gasteiger partial charge in [-0.15, -0.1) is 0 Å². The molecule has 0 aromatic heterocycles. The van der Waals surface area contributed by atoms with E-state index in [9.17, 15) is 4.79 Å². The second-order valence-electron chi connectivity index (χ2n) is 5.61. The molecule has 2 rings (SSSR count). The fourth-order valence-corrected chi connectivity index (χ4v) is 2.94. The van der Waals surface area contributed by atoms with Gasteiger partial charge in [-0.05, 0) is 57.2 Å². The van der Waals surface area contributed by atoms with Gasteiger partial charge in [0, 0.05) is 6.54 Å². The van der Waals surface area contributed by atoms with E-state index in [1.165, 1.54) is 26.5 Å². The van der Waals surface area contributed by atoms with Gasteiger partial charge in [0.15, 0.2) is 0 Å². The van der Waals surface area contributed by atoms with Crippen molar-refractivity contribution in [3.63, 3.8) is 0 Å². The zero-order chi connectivity index (χ0) is 12.3. The molecule has 1 aliphatic heterocycles. The van der Waals surface area contributed by atoms with Crippen molar-refractivity contribution in [2.75, 3.05) is 33.3 Å². The van der Waals surface area contributed by atoms with E-state index >= 15 is 0 Å². The van der Waals surface area contributed by atoms with Crippen molar-refractivity contribution in [1.82, 2.24) is 4.90 Å². The van der Waals surface area contributed by atoms with Crippen molar-refractivity contribution in [3.8, 4) is 0 Å². The van der Waals surface area contributed by atoms with Crippen LogP contribution in [0.5, 0.6) is 0 Å². The molecule has 1 heterocycles. The van der Waals surface area contributed by atoms with E-state index in [1.807, 2.05) is 0 Å². The maximum atomic E-state index is 11.4. The zero-order valence-electron chi connectivity index (χ0n) is 10.8. The Morgan fingerprint density at radius 3 is 2.53 bits per heavy atom. The number of hydrogen-bond donors (Lipinski definition) is 1. The Kier molecular flexibility index (Phi) is 4.05. The van der Waals surface area contributed by atoms with Crippen LogP contribution < -0.4 is 5.73 Å². The van der Waals surface area contributed by atoms with E-state index in [-0.39, 0.29) is 11.9 Å². The van der Waals surface area contributed by atoms with Gasteiger partial charge in [-0.2, -0.15) is 0 Å². The smallest absolute Gasteiger partial charge is 0.308 e. The Balaban J connectivity index is 1.74. The molecule has 2 aliphatic rings. The van der Waals surface area contributed by atoms with Crippen LogP contribution in [0.2, 0.25) is 0 Å². The standard InChI is InChI=1S/C13H24N2O2/c1-17-12(16)11-2-8-15(9-3-11)10-13(4-5-13)6-7-14/h11H,2-10,14H2,1H3. The first-order chi connectivity index (χ1) is 8.19. The highest BCUT2D eigenvalue weighted by atomic mass is 16.5. The predicted octanol–water partition coefficient (Wildman–Crippen LogP) is 1.00. The van der Waals surface area contributed by atoms with E-state index in [4.69, 9.17) is 10.5 Å². The number of likely N-dealkylation sites (tertiary alicyclic amines) is 1. The summed E-state index contributed by atoms with van der Waals surface area (Å²) in [5, 5.41) is 0. The van der Waals surface area contributed by atoms with Crippen molar-refractivity contribution < 1.29 is 9.53 Å². The van der Waals surface area contributed by atoms with Crippen molar-refractivity contribution >= 4 is 5.97 Å². The first-order valence-electron chi connectivity index (χ1n) is 6.69. The minimum absolute atomic E-state index is 0.0345. The summed E-state index contributed by atoms with van der Waals surface area (Å²) in [6.07, 6.45) is 5.73. The highest BCUT2D eigenvalue weighted by Gasteiger charge is 2.43. The van der Waals surface area contributed by atoms with Crippen molar-refractivity contribution in [2.24, 2.45) is 17.1 Å². The summed E-state index contributed by atoms with van der Waals surface area (Å²) in [6, 6.07) is 0. The minimum Gasteiger partial charge on any atom is -0.469 e. The summed E-state index contributed by atoms with van der Waals surface area (Å²) in [6.45, 7) is 4.05. The van der Waals surface area contributed by atoms with Crippen LogP contribution in [0.25, 0.3) is 0 Å². The molecule has 0 aromatic rings. The normalized spacial score (nSPS) is 24.6. The second-order valence-corrected chi connectivity index (χ2v) is 5.61. The molecule has 0 unspecified atom stereocenters. The molecule has 1 saturated heterocycles. The third-order valence-corrected chi connectivity index (χ3v) is 4.31. The van der Waals surface area contributed by atoms with Crippen LogP contribution in [0, 0.1) is 11.3 Å². The topological polar surface area (TPSA) is 55.6 Å². The molecular weight excluding hydrogens is 216 g/mol. The van der Waals surface area contributed by atoms with Gasteiger partial charge < -0.3 is 15.4 Å². The van der Waals surface area contributed by atoms with Gasteiger partial charge in [-0.1, -0.05) is 0 Å². The van der Waals surface area contributed by atoms with Crippen molar-refractivity contribution in [2.45, 2.75) is 32.1 Å². The average molecular weight is 240 g/mol. The highest BCUT2D eigenvalue weighted by molar-refractivity contribution is 5.72. The van der Waals surface area contributed by atoms with Gasteiger partial charge in [0.05, 0.1) is 13.0 Å². The number of hydrogen-bond acceptors (Lipinski definition) is 4. The van der Waals surface area contributed by atoms with Crippen LogP contribution in [0.15, 0.2) is 0 Å². The lowest BCUT2D eigenvalue weighted by Gasteiger charge is -2.33. The van der Waals surface area contributed by atoms with Crippen LogP contribution in [-0.2, 0) is 9.53 Å². The molecule has 4 heteroatoms. The van der Waals surface area contributed by atoms with Crippen LogP contribution in [0.3, 0.4) is 0 Å². The summed E-state index contributed by atoms with van der Waals surface area (Å²) >= 11 is 0. The van der Waals surface area contributed by atoms with E-state index in [1.54, 1.807) is 0 Å². The molecule has 0 atom stereocenters. The van der Waals surface area contributed by atoms with Gasteiger partial charge in [0.2, 0.25) is 0 Å². The molecule has 0 amide bonds. The first-order valence-corrected chi connectivity index (χ1v) is 6.69. The van der Waals surface area contributed by atoms with Gasteiger partial charge in [-0.3, -0.25) is 4.79 Å². The number of ether oxygens (including phenoxy) is 1. The Hall–Kier alpha value is -0.610. The zero-order valence-corrected chi connectivity index (χ0v) is 10.8. The molecule has 1 aliphatic carbocycles. The highest BCUT2D eigenvalue weighted by Crippen LogP contribution is 2.49. The first kappa shape index (κ1) is 12.8. The van der Waals surface area contributed by atoms with E-state index in [0.29, 0.717) is 5.41 Å². The van der Waals surface area contributed by atoms with Gasteiger partial charge in [0.1, 0.15) is 0 Å². The predicted molar refractivity (Wildman–Crippen MR) is 66.5 cm³/mol. The number of nitrogens with two attached hydrogens (primary N) is 1. The fourth-order valence-electron chi connectivity index (χ4n) is 2.94. The lowest BCUT2D eigenvalue weighted by atomic mass is 9.94. The molecule has 0 spiro atoms. The SMILES string of the molecule is COC(=O)C1CCN(CC2(CCN)CC2)CC1. The average Bonchev–Trinajstić information content (AvgIpc) is 3.09. The molecule has 0 aromatic carbocycles. The molecule has 4 nitrogen and oxygen atoms in total. The summed E-state index contributed by atoms with van der Waals surface area (Å²) in [5.74, 6) is 0.0913. The van der Waals surface area contributed by atoms with E-state index in [2.05, 4.69) is 4.90 Å². The van der Waals surface area contributed by atoms with Gasteiger partial charge in [0.25, 0.3) is 0 Å². The number of rotatable bonds is 5. The monoisotopic (exact) mass is 240 g/mol. The third-order valence-electron chi connectivity index (χ3n) is 4.31. The molecule has 0 bridgehead atoms. The Labute approximate surface area is 103 Å². The van der Waals surface area contributed by atoms with E-state index in [0.717, 1.165) is 38.9 Å². The summed E-state index contributed by atoms with van der Waals surface area (Å²) in [7, 11) is 1.48. The van der Waals surface area contributed by atoms with Crippen LogP contribution in [0.1, 0.15) is 32.1 Å². The number of methoxy groups -OCH3 is 1. The summed E-state index contributed by atoms with van der Waals surface area (Å²) in [4.78, 5) is 13.9. The molecule has 2 fully saturated rings. The molecule has 2 N–H and O–H groups in total. The molecule has 98 valence electrons. The molecular formula is C13H24N2O2. The largest absolute Gasteiger partial charge is 0.469 e. The summed E-state index contributed by atoms with van der Waals surface area (Å²) in [5.41, 5.74) is 6.18. The Morgan fingerprint density at radius 2 is 2.06 bits per heavy atom. The maximum Gasteiger partial charge on any atom is 0.308 e. The fraction of sp³-hybridized carbons (Fsp3) is 0.923. The number of carbonyl (C=O) groups is 1. The van der Waals surface area contributed by atoms with Crippen LogP contribution >= 0.6 is 0 Å². The lowest BCUT2D eigenvalue weighted by Crippen LogP contribution is -2.40. The third kappa shape index (κ3) is 3.19. The molecule has 0 radical (unpaired) electrons. The maximum absolute atomic E-state index is 11.4. The number of nitrogens with zero attached hydrogens (tertiary/aromatic N) is 1. The minimum atomic E-state index is -0.0345. The number of esters is 1. The van der Waals surface area contributed by atoms with Crippen molar-refractivity contribution in [1.29, 1.82) is 0 Å². The van der Waals surface area contributed by atoms with Gasteiger partial charge in [-0.25, -0.2) is 0 Å². The number of carbonyl (C=O) groups excluding carboxylic acids is 1. The van der Waals surface area contributed by atoms with Crippen LogP contribution in [0.4, 0.5) is 0 Å². The van der Waals surface area contributed by atoms with Crippen LogP contribution in [-0.4, -0.2) is 44.2 Å². The Morgan fingerprint density at radius 1 is 1.41 bits per heavy atom. The van der Waals surface area contributed by atoms with Gasteiger partial charge >= 0.3 is 5.97 Å². The van der Waals surface area contributed by atoms with E-state index < -0.39 is 0 Å². The summed E-state index contributed by atoms with van der Waals surface area (Å²) < 4.78 is 4.80.